The summed E-state index contributed by atoms with van der Waals surface area (Å²) in [5, 5.41) is 16.2. The van der Waals surface area contributed by atoms with Gasteiger partial charge < -0.3 is 0 Å². The van der Waals surface area contributed by atoms with Crippen LogP contribution in [0.5, 0.6) is 0 Å². The van der Waals surface area contributed by atoms with E-state index in [0.29, 0.717) is 11.4 Å². The van der Waals surface area contributed by atoms with Crippen molar-refractivity contribution in [1.82, 2.24) is 4.98 Å². The van der Waals surface area contributed by atoms with Gasteiger partial charge in [0.25, 0.3) is 5.69 Å². The van der Waals surface area contributed by atoms with E-state index in [1.54, 1.807) is 6.07 Å². The van der Waals surface area contributed by atoms with Gasteiger partial charge in [-0.25, -0.2) is 4.98 Å². The van der Waals surface area contributed by atoms with E-state index >= 15 is 0 Å². The first-order chi connectivity index (χ1) is 11.9. The summed E-state index contributed by atoms with van der Waals surface area (Å²) in [6, 6.07) is 12.6. The molecule has 0 bridgehead atoms. The zero-order valence-electron chi connectivity index (χ0n) is 13.7. The highest BCUT2D eigenvalue weighted by Crippen LogP contribution is 2.24. The third-order valence-corrected chi connectivity index (χ3v) is 4.03. The maximum Gasteiger partial charge on any atom is 0.288 e. The van der Waals surface area contributed by atoms with Crippen LogP contribution in [-0.2, 0) is 0 Å². The summed E-state index contributed by atoms with van der Waals surface area (Å²) in [4.78, 5) is 15.0. The van der Waals surface area contributed by atoms with Crippen LogP contribution in [0.4, 0.5) is 11.5 Å². The Bertz CT molecular complexity index is 1000. The van der Waals surface area contributed by atoms with Gasteiger partial charge in [-0.2, -0.15) is 5.10 Å². The van der Waals surface area contributed by atoms with Crippen molar-refractivity contribution in [3.63, 3.8) is 0 Å². The van der Waals surface area contributed by atoms with Crippen LogP contribution in [0.15, 0.2) is 47.6 Å². The Morgan fingerprint density at radius 3 is 2.76 bits per heavy atom. The van der Waals surface area contributed by atoms with Crippen LogP contribution >= 0.6 is 11.6 Å². The first-order valence-corrected chi connectivity index (χ1v) is 7.93. The number of nitrogens with zero attached hydrogens (tertiary/aromatic N) is 3. The lowest BCUT2D eigenvalue weighted by Gasteiger charge is -2.07. The van der Waals surface area contributed by atoms with Crippen LogP contribution < -0.4 is 5.43 Å². The Hall–Kier alpha value is -2.99. The smallest absolute Gasteiger partial charge is 0.261 e. The van der Waals surface area contributed by atoms with Crippen molar-refractivity contribution >= 4 is 40.2 Å². The third-order valence-electron chi connectivity index (χ3n) is 3.71. The van der Waals surface area contributed by atoms with Crippen molar-refractivity contribution in [2.45, 2.75) is 13.8 Å². The van der Waals surface area contributed by atoms with Crippen LogP contribution in [0.1, 0.15) is 16.7 Å². The zero-order valence-corrected chi connectivity index (χ0v) is 14.4. The molecule has 6 nitrogen and oxygen atoms in total. The number of rotatable bonds is 4. The molecule has 0 spiro atoms. The summed E-state index contributed by atoms with van der Waals surface area (Å²) in [6.45, 7) is 3.96. The predicted molar refractivity (Wildman–Crippen MR) is 101 cm³/mol. The molecular formula is C18H15ClN4O2. The minimum absolute atomic E-state index is 0.0949. The van der Waals surface area contributed by atoms with Crippen LogP contribution in [0.25, 0.3) is 10.9 Å². The van der Waals surface area contributed by atoms with E-state index in [2.05, 4.69) is 15.5 Å². The average molecular weight is 355 g/mol. The maximum atomic E-state index is 10.9. The normalized spacial score (nSPS) is 11.2. The fraction of sp³-hybridized carbons (Fsp3) is 0.111. The van der Waals surface area contributed by atoms with Gasteiger partial charge in [0.05, 0.1) is 16.7 Å². The van der Waals surface area contributed by atoms with Gasteiger partial charge in [-0.05, 0) is 43.2 Å². The van der Waals surface area contributed by atoms with Gasteiger partial charge in [-0.3, -0.25) is 15.5 Å². The number of pyridine rings is 1. The fourth-order valence-corrected chi connectivity index (χ4v) is 2.60. The Kier molecular flexibility index (Phi) is 4.63. The van der Waals surface area contributed by atoms with Gasteiger partial charge in [0.15, 0.2) is 0 Å². The molecule has 0 saturated heterocycles. The summed E-state index contributed by atoms with van der Waals surface area (Å²) in [6.07, 6.45) is 1.49. The topological polar surface area (TPSA) is 80.4 Å². The highest BCUT2D eigenvalue weighted by atomic mass is 35.5. The van der Waals surface area contributed by atoms with E-state index in [-0.39, 0.29) is 10.7 Å². The summed E-state index contributed by atoms with van der Waals surface area (Å²) >= 11 is 5.80. The molecule has 1 heterocycles. The molecule has 0 unspecified atom stereocenters. The second kappa shape index (κ2) is 6.86. The first-order valence-electron chi connectivity index (χ1n) is 7.55. The van der Waals surface area contributed by atoms with Crippen LogP contribution in [0.3, 0.4) is 0 Å². The summed E-state index contributed by atoms with van der Waals surface area (Å²) < 4.78 is 0. The minimum atomic E-state index is -0.523. The minimum Gasteiger partial charge on any atom is -0.261 e. The monoisotopic (exact) mass is 354 g/mol. The molecule has 0 radical (unpaired) electrons. The molecule has 1 aromatic heterocycles. The number of anilines is 1. The van der Waals surface area contributed by atoms with E-state index < -0.39 is 4.92 Å². The largest absolute Gasteiger partial charge is 0.288 e. The number of aryl methyl sites for hydroxylation is 2. The number of nitro groups is 1. The number of aromatic nitrogens is 1. The van der Waals surface area contributed by atoms with E-state index in [0.717, 1.165) is 22.0 Å². The van der Waals surface area contributed by atoms with Crippen LogP contribution in [0, 0.1) is 24.0 Å². The molecule has 3 aromatic rings. The van der Waals surface area contributed by atoms with Gasteiger partial charge in [-0.15, -0.1) is 0 Å². The second-order valence-electron chi connectivity index (χ2n) is 5.69. The number of nitro benzene ring substituents is 1. The fourth-order valence-electron chi connectivity index (χ4n) is 2.41. The highest BCUT2D eigenvalue weighted by molar-refractivity contribution is 6.32. The number of hydrogen-bond acceptors (Lipinski definition) is 5. The Labute approximate surface area is 149 Å². The first kappa shape index (κ1) is 16.9. The summed E-state index contributed by atoms with van der Waals surface area (Å²) in [5.74, 6) is 0.637. The van der Waals surface area contributed by atoms with Crippen molar-refractivity contribution in [2.75, 3.05) is 5.43 Å². The van der Waals surface area contributed by atoms with Gasteiger partial charge in [0.1, 0.15) is 10.8 Å². The molecular weight excluding hydrogens is 340 g/mol. The van der Waals surface area contributed by atoms with Crippen molar-refractivity contribution in [3.8, 4) is 0 Å². The number of hydrazone groups is 1. The number of hydrogen-bond donors (Lipinski definition) is 1. The number of fused-ring (bicyclic) bond motifs is 1. The van der Waals surface area contributed by atoms with Crippen molar-refractivity contribution in [1.29, 1.82) is 0 Å². The lowest BCUT2D eigenvalue weighted by molar-refractivity contribution is -0.384. The lowest BCUT2D eigenvalue weighted by atomic mass is 10.1. The second-order valence-corrected chi connectivity index (χ2v) is 6.10. The summed E-state index contributed by atoms with van der Waals surface area (Å²) in [7, 11) is 0. The van der Waals surface area contributed by atoms with E-state index in [4.69, 9.17) is 11.6 Å². The Balaban J connectivity index is 1.85. The van der Waals surface area contributed by atoms with E-state index in [9.17, 15) is 10.1 Å². The molecule has 0 atom stereocenters. The van der Waals surface area contributed by atoms with E-state index in [1.807, 2.05) is 38.1 Å². The third kappa shape index (κ3) is 3.75. The summed E-state index contributed by atoms with van der Waals surface area (Å²) in [5.41, 5.74) is 6.27. The van der Waals surface area contributed by atoms with Gasteiger partial charge >= 0.3 is 0 Å². The molecule has 0 aliphatic carbocycles. The average Bonchev–Trinajstić information content (AvgIpc) is 2.57. The highest BCUT2D eigenvalue weighted by Gasteiger charge is 2.11. The molecule has 7 heteroatoms. The number of benzene rings is 2. The lowest BCUT2D eigenvalue weighted by Crippen LogP contribution is -1.98. The molecule has 1 N–H and O–H groups in total. The molecule has 0 aliphatic heterocycles. The quantitative estimate of drug-likeness (QED) is 0.412. The number of halogens is 1. The Morgan fingerprint density at radius 1 is 1.20 bits per heavy atom. The van der Waals surface area contributed by atoms with Gasteiger partial charge in [0, 0.05) is 17.0 Å². The molecule has 0 amide bonds. The number of nitrogens with one attached hydrogen (secondary N) is 1. The molecule has 0 aliphatic rings. The molecule has 0 fully saturated rings. The maximum absolute atomic E-state index is 10.9. The SMILES string of the molecule is Cc1ccc2cc(C)c(N/N=C\c3ccc(Cl)c([N+](=O)[O-])c3)nc2c1. The van der Waals surface area contributed by atoms with Crippen LogP contribution in [0.2, 0.25) is 5.02 Å². The van der Waals surface area contributed by atoms with Crippen molar-refractivity contribution < 1.29 is 4.92 Å². The molecule has 126 valence electrons. The van der Waals surface area contributed by atoms with Crippen molar-refractivity contribution in [2.24, 2.45) is 5.10 Å². The predicted octanol–water partition coefficient (Wildman–Crippen LogP) is 4.86. The van der Waals surface area contributed by atoms with Crippen LogP contribution in [-0.4, -0.2) is 16.1 Å². The standard InChI is InChI=1S/C18H15ClN4O2/c1-11-3-5-14-8-12(2)18(21-16(14)7-11)22-20-10-13-4-6-15(19)17(9-13)23(24)25/h3-10H,1-2H3,(H,21,22)/b20-10-. The Morgan fingerprint density at radius 2 is 2.00 bits per heavy atom. The van der Waals surface area contributed by atoms with Gasteiger partial charge in [-0.1, -0.05) is 29.8 Å². The van der Waals surface area contributed by atoms with Crippen molar-refractivity contribution in [3.05, 3.63) is 74.3 Å². The molecule has 25 heavy (non-hydrogen) atoms. The molecule has 3 rings (SSSR count). The van der Waals surface area contributed by atoms with Gasteiger partial charge in [0.2, 0.25) is 0 Å². The molecule has 2 aromatic carbocycles. The van der Waals surface area contributed by atoms with E-state index in [1.165, 1.54) is 18.3 Å². The molecule has 0 saturated carbocycles. The zero-order chi connectivity index (χ0) is 18.0.